The van der Waals surface area contributed by atoms with Crippen molar-refractivity contribution in [3.63, 3.8) is 0 Å². The van der Waals surface area contributed by atoms with E-state index in [0.29, 0.717) is 18.8 Å². The predicted octanol–water partition coefficient (Wildman–Crippen LogP) is 4.54. The largest absolute Gasteiger partial charge is 0.491 e. The standard InChI is InChI=1S/C24H25FN2O4S/c1-2-10-26(24(29)21-7-4-12-30-21)15-23(28)27-11-8-22-19(9-13-32-22)20(27)16-31-18-6-3-5-17(25)14-18/h3-7,9,12-14,20H,2,8,10-11,15-16H2,1H3. The van der Waals surface area contributed by atoms with Crippen LogP contribution in [0.2, 0.25) is 0 Å². The third kappa shape index (κ3) is 4.85. The van der Waals surface area contributed by atoms with Gasteiger partial charge in [0.15, 0.2) is 5.76 Å². The van der Waals surface area contributed by atoms with Crippen LogP contribution in [0.3, 0.4) is 0 Å². The van der Waals surface area contributed by atoms with E-state index in [9.17, 15) is 14.0 Å². The summed E-state index contributed by atoms with van der Waals surface area (Å²) in [5, 5.41) is 2.01. The molecular formula is C24H25FN2O4S. The lowest BCUT2D eigenvalue weighted by Gasteiger charge is -2.37. The third-order valence-electron chi connectivity index (χ3n) is 5.46. The molecule has 8 heteroatoms. The fourth-order valence-corrected chi connectivity index (χ4v) is 4.87. The van der Waals surface area contributed by atoms with Gasteiger partial charge >= 0.3 is 0 Å². The summed E-state index contributed by atoms with van der Waals surface area (Å²) in [6.07, 6.45) is 2.93. The zero-order chi connectivity index (χ0) is 22.5. The average molecular weight is 457 g/mol. The first-order valence-corrected chi connectivity index (χ1v) is 11.5. The summed E-state index contributed by atoms with van der Waals surface area (Å²) < 4.78 is 24.7. The van der Waals surface area contributed by atoms with Crippen LogP contribution in [-0.4, -0.2) is 47.9 Å². The number of rotatable bonds is 8. The fraction of sp³-hybridized carbons (Fsp3) is 0.333. The van der Waals surface area contributed by atoms with Crippen LogP contribution >= 0.6 is 11.3 Å². The summed E-state index contributed by atoms with van der Waals surface area (Å²) in [5.74, 6) is -0.188. The molecule has 2 amide bonds. The van der Waals surface area contributed by atoms with Gasteiger partial charge in [-0.15, -0.1) is 11.3 Å². The van der Waals surface area contributed by atoms with Gasteiger partial charge in [-0.25, -0.2) is 4.39 Å². The van der Waals surface area contributed by atoms with Gasteiger partial charge < -0.3 is 19.0 Å². The lowest BCUT2D eigenvalue weighted by atomic mass is 10.0. The van der Waals surface area contributed by atoms with Gasteiger partial charge in [-0.3, -0.25) is 9.59 Å². The van der Waals surface area contributed by atoms with Crippen molar-refractivity contribution >= 4 is 23.2 Å². The normalized spacial score (nSPS) is 15.3. The molecule has 0 radical (unpaired) electrons. The van der Waals surface area contributed by atoms with Crippen molar-refractivity contribution in [1.29, 1.82) is 0 Å². The van der Waals surface area contributed by atoms with Crippen molar-refractivity contribution in [3.05, 3.63) is 76.1 Å². The molecule has 2 aromatic heterocycles. The minimum absolute atomic E-state index is 0.0384. The highest BCUT2D eigenvalue weighted by Gasteiger charge is 2.33. The number of benzene rings is 1. The van der Waals surface area contributed by atoms with Crippen LogP contribution in [0.5, 0.6) is 5.75 Å². The molecule has 1 aliphatic rings. The Balaban J connectivity index is 1.51. The van der Waals surface area contributed by atoms with E-state index in [4.69, 9.17) is 9.15 Å². The average Bonchev–Trinajstić information content (AvgIpc) is 3.48. The molecule has 32 heavy (non-hydrogen) atoms. The van der Waals surface area contributed by atoms with Gasteiger partial charge in [-0.2, -0.15) is 0 Å². The van der Waals surface area contributed by atoms with Crippen LogP contribution in [0.25, 0.3) is 0 Å². The number of nitrogens with zero attached hydrogens (tertiary/aromatic N) is 2. The summed E-state index contributed by atoms with van der Waals surface area (Å²) >= 11 is 1.66. The van der Waals surface area contributed by atoms with Crippen LogP contribution in [-0.2, 0) is 11.2 Å². The van der Waals surface area contributed by atoms with E-state index in [-0.39, 0.29) is 42.6 Å². The summed E-state index contributed by atoms with van der Waals surface area (Å²) in [6.45, 7) is 3.12. The number of halogens is 1. The second kappa shape index (κ2) is 9.99. The lowest BCUT2D eigenvalue weighted by Crippen LogP contribution is -2.48. The molecule has 0 saturated heterocycles. The highest BCUT2D eigenvalue weighted by atomic mass is 32.1. The van der Waals surface area contributed by atoms with E-state index in [0.717, 1.165) is 18.4 Å². The number of carbonyl (C=O) groups excluding carboxylic acids is 2. The van der Waals surface area contributed by atoms with Crippen molar-refractivity contribution < 1.29 is 23.1 Å². The van der Waals surface area contributed by atoms with Gasteiger partial charge in [0.1, 0.15) is 24.7 Å². The number of thiophene rings is 1. The molecule has 4 rings (SSSR count). The first-order valence-electron chi connectivity index (χ1n) is 10.6. The highest BCUT2D eigenvalue weighted by Crippen LogP contribution is 2.34. The van der Waals surface area contributed by atoms with E-state index in [1.807, 2.05) is 18.4 Å². The van der Waals surface area contributed by atoms with Crippen molar-refractivity contribution in [3.8, 4) is 5.75 Å². The Kier molecular flexibility index (Phi) is 6.90. The fourth-order valence-electron chi connectivity index (χ4n) is 3.94. The van der Waals surface area contributed by atoms with E-state index in [1.165, 1.54) is 28.2 Å². The number of fused-ring (bicyclic) bond motifs is 1. The Labute approximate surface area is 190 Å². The highest BCUT2D eigenvalue weighted by molar-refractivity contribution is 7.10. The first-order chi connectivity index (χ1) is 15.6. The predicted molar refractivity (Wildman–Crippen MR) is 119 cm³/mol. The minimum Gasteiger partial charge on any atom is -0.491 e. The number of hydrogen-bond donors (Lipinski definition) is 0. The lowest BCUT2D eigenvalue weighted by molar-refractivity contribution is -0.135. The smallest absolute Gasteiger partial charge is 0.290 e. The number of amides is 2. The molecule has 0 spiro atoms. The first kappa shape index (κ1) is 22.1. The summed E-state index contributed by atoms with van der Waals surface area (Å²) in [6, 6.07) is 10.9. The Morgan fingerprint density at radius 3 is 2.91 bits per heavy atom. The second-order valence-electron chi connectivity index (χ2n) is 7.62. The van der Waals surface area contributed by atoms with Gasteiger partial charge in [0.05, 0.1) is 12.3 Å². The van der Waals surface area contributed by atoms with E-state index in [1.54, 1.807) is 40.5 Å². The van der Waals surface area contributed by atoms with Crippen LogP contribution in [0.4, 0.5) is 4.39 Å². The molecule has 6 nitrogen and oxygen atoms in total. The molecule has 3 aromatic rings. The molecule has 168 valence electrons. The zero-order valence-electron chi connectivity index (χ0n) is 17.8. The monoisotopic (exact) mass is 456 g/mol. The van der Waals surface area contributed by atoms with Crippen molar-refractivity contribution in [2.24, 2.45) is 0 Å². The van der Waals surface area contributed by atoms with Gasteiger partial charge in [-0.05, 0) is 54.1 Å². The zero-order valence-corrected chi connectivity index (χ0v) is 18.6. The molecule has 1 atom stereocenters. The molecule has 0 N–H and O–H groups in total. The van der Waals surface area contributed by atoms with Gasteiger partial charge in [-0.1, -0.05) is 13.0 Å². The Morgan fingerprint density at radius 1 is 1.28 bits per heavy atom. The maximum absolute atomic E-state index is 13.5. The number of ether oxygens (including phenoxy) is 1. The molecule has 3 heterocycles. The summed E-state index contributed by atoms with van der Waals surface area (Å²) in [5.41, 5.74) is 1.05. The van der Waals surface area contributed by atoms with Crippen LogP contribution in [0.1, 0.15) is 40.4 Å². The summed E-state index contributed by atoms with van der Waals surface area (Å²) in [4.78, 5) is 30.7. The molecule has 0 fully saturated rings. The van der Waals surface area contributed by atoms with Crippen LogP contribution in [0, 0.1) is 5.82 Å². The topological polar surface area (TPSA) is 63.0 Å². The molecule has 1 aliphatic heterocycles. The van der Waals surface area contributed by atoms with E-state index < -0.39 is 0 Å². The number of carbonyl (C=O) groups is 2. The SMILES string of the molecule is CCCN(CC(=O)N1CCc2sccc2C1COc1cccc(F)c1)C(=O)c1ccco1. The number of hydrogen-bond acceptors (Lipinski definition) is 5. The molecule has 0 aliphatic carbocycles. The summed E-state index contributed by atoms with van der Waals surface area (Å²) in [7, 11) is 0. The maximum Gasteiger partial charge on any atom is 0.290 e. The molecule has 0 saturated carbocycles. The maximum atomic E-state index is 13.5. The van der Waals surface area contributed by atoms with Crippen LogP contribution in [0.15, 0.2) is 58.5 Å². The number of furan rings is 1. The third-order valence-corrected chi connectivity index (χ3v) is 6.45. The van der Waals surface area contributed by atoms with E-state index >= 15 is 0 Å². The quantitative estimate of drug-likeness (QED) is 0.499. The van der Waals surface area contributed by atoms with Crippen molar-refractivity contribution in [2.75, 3.05) is 26.2 Å². The minimum atomic E-state index is -0.373. The van der Waals surface area contributed by atoms with E-state index in [2.05, 4.69) is 0 Å². The van der Waals surface area contributed by atoms with Gasteiger partial charge in [0, 0.05) is 24.0 Å². The molecule has 1 unspecified atom stereocenters. The van der Waals surface area contributed by atoms with Crippen LogP contribution < -0.4 is 4.74 Å². The Hall–Kier alpha value is -3.13. The Morgan fingerprint density at radius 2 is 2.16 bits per heavy atom. The Bertz CT molecular complexity index is 1070. The molecule has 0 bridgehead atoms. The van der Waals surface area contributed by atoms with Gasteiger partial charge in [0.2, 0.25) is 5.91 Å². The second-order valence-corrected chi connectivity index (χ2v) is 8.63. The molecular weight excluding hydrogens is 431 g/mol. The van der Waals surface area contributed by atoms with Gasteiger partial charge in [0.25, 0.3) is 5.91 Å². The van der Waals surface area contributed by atoms with Crippen molar-refractivity contribution in [2.45, 2.75) is 25.8 Å². The van der Waals surface area contributed by atoms with Crippen molar-refractivity contribution in [1.82, 2.24) is 9.80 Å². The molecule has 1 aromatic carbocycles.